The van der Waals surface area contributed by atoms with E-state index >= 15 is 0 Å². The van der Waals surface area contributed by atoms with Crippen LogP contribution < -0.4 is 5.56 Å². The Balaban J connectivity index is 1.27. The van der Waals surface area contributed by atoms with E-state index in [1.54, 1.807) is 0 Å². The molecule has 0 radical (unpaired) electrons. The predicted molar refractivity (Wildman–Crippen MR) is 107 cm³/mol. The molecule has 2 aliphatic heterocycles. The first kappa shape index (κ1) is 18.3. The molecule has 3 aliphatic rings. The van der Waals surface area contributed by atoms with E-state index in [0.29, 0.717) is 36.0 Å². The number of β-amino-alcohol motifs (C(OH)–C–C–N with tert-alkyl or cyclic N) is 1. The maximum atomic E-state index is 13.2. The zero-order valence-electron chi connectivity index (χ0n) is 15.9. The van der Waals surface area contributed by atoms with Crippen LogP contribution in [0.5, 0.6) is 0 Å². The van der Waals surface area contributed by atoms with E-state index < -0.39 is 11.5 Å². The van der Waals surface area contributed by atoms with Gasteiger partial charge in [-0.25, -0.2) is 4.98 Å². The van der Waals surface area contributed by atoms with Gasteiger partial charge in [0.05, 0.1) is 23.6 Å². The van der Waals surface area contributed by atoms with Gasteiger partial charge in [-0.3, -0.25) is 14.5 Å². The molecule has 8 heteroatoms. The van der Waals surface area contributed by atoms with Crippen molar-refractivity contribution in [2.24, 2.45) is 11.3 Å². The Morgan fingerprint density at radius 1 is 1.29 bits per heavy atom. The predicted octanol–water partition coefficient (Wildman–Crippen LogP) is 1.57. The normalized spacial score (nSPS) is 25.7. The van der Waals surface area contributed by atoms with Crippen LogP contribution in [0.4, 0.5) is 0 Å². The smallest absolute Gasteiger partial charge is 0.268 e. The number of rotatable bonds is 4. The van der Waals surface area contributed by atoms with E-state index in [2.05, 4.69) is 14.9 Å². The van der Waals surface area contributed by atoms with Gasteiger partial charge >= 0.3 is 0 Å². The fourth-order valence-electron chi connectivity index (χ4n) is 4.81. The number of carbonyl (C=O) groups excluding carboxylic acids is 1. The molecule has 0 bridgehead atoms. The summed E-state index contributed by atoms with van der Waals surface area (Å²) in [6.45, 7) is 3.45. The van der Waals surface area contributed by atoms with Gasteiger partial charge in [-0.05, 0) is 62.6 Å². The van der Waals surface area contributed by atoms with Crippen LogP contribution in [-0.2, 0) is 11.3 Å². The molecule has 0 aromatic carbocycles. The number of aliphatic hydroxyl groups excluding tert-OH is 1. The number of fused-ring (bicyclic) bond motifs is 1. The van der Waals surface area contributed by atoms with E-state index in [4.69, 9.17) is 0 Å². The number of nitrogens with zero attached hydrogens (tertiary/aromatic N) is 3. The van der Waals surface area contributed by atoms with Crippen molar-refractivity contribution in [1.82, 2.24) is 19.8 Å². The third kappa shape index (κ3) is 3.38. The minimum absolute atomic E-state index is 0.0789. The van der Waals surface area contributed by atoms with Crippen molar-refractivity contribution in [3.05, 3.63) is 27.6 Å². The first-order chi connectivity index (χ1) is 13.5. The van der Waals surface area contributed by atoms with Crippen molar-refractivity contribution < 1.29 is 9.90 Å². The summed E-state index contributed by atoms with van der Waals surface area (Å²) >= 11 is 1.41. The molecule has 2 saturated heterocycles. The summed E-state index contributed by atoms with van der Waals surface area (Å²) in [5.74, 6) is 1.56. The SMILES string of the molecule is O=C1N(CC2CC2)CC(O)CC12CCN(Cc1nc3ccsc3c(=O)[nH]1)CC2. The molecule has 3 fully saturated rings. The number of aromatic nitrogens is 2. The number of nitrogens with one attached hydrogen (secondary N) is 1. The number of amides is 1. The molecule has 1 aliphatic carbocycles. The standard InChI is InChI=1S/C20H26N4O3S/c25-14-9-20(19(27)24(11-14)10-13-1-2-13)4-6-23(7-5-20)12-16-21-15-3-8-28-17(15)18(26)22-16/h3,8,13-14,25H,1-2,4-7,9-12H2,(H,21,22,26). The second-order valence-electron chi connectivity index (χ2n) is 8.72. The van der Waals surface area contributed by atoms with Gasteiger partial charge in [0.15, 0.2) is 0 Å². The van der Waals surface area contributed by atoms with Crippen LogP contribution in [0.3, 0.4) is 0 Å². The molecule has 5 rings (SSSR count). The minimum atomic E-state index is -0.415. The lowest BCUT2D eigenvalue weighted by atomic mass is 9.71. The van der Waals surface area contributed by atoms with E-state index in [-0.39, 0.29) is 11.5 Å². The summed E-state index contributed by atoms with van der Waals surface area (Å²) in [5.41, 5.74) is 0.254. The topological polar surface area (TPSA) is 89.5 Å². The highest BCUT2D eigenvalue weighted by molar-refractivity contribution is 7.17. The van der Waals surface area contributed by atoms with Crippen LogP contribution in [-0.4, -0.2) is 63.1 Å². The lowest BCUT2D eigenvalue weighted by molar-refractivity contribution is -0.157. The van der Waals surface area contributed by atoms with Crippen LogP contribution in [0.25, 0.3) is 10.2 Å². The number of thiophene rings is 1. The number of carbonyl (C=O) groups is 1. The highest BCUT2D eigenvalue weighted by Gasteiger charge is 2.49. The van der Waals surface area contributed by atoms with Gasteiger partial charge < -0.3 is 15.0 Å². The Hall–Kier alpha value is -1.77. The summed E-state index contributed by atoms with van der Waals surface area (Å²) < 4.78 is 0.666. The first-order valence-electron chi connectivity index (χ1n) is 10.2. The molecule has 150 valence electrons. The second kappa shape index (κ2) is 6.93. The van der Waals surface area contributed by atoms with Crippen molar-refractivity contribution in [2.75, 3.05) is 26.2 Å². The zero-order chi connectivity index (χ0) is 19.3. The van der Waals surface area contributed by atoms with Gasteiger partial charge in [-0.15, -0.1) is 11.3 Å². The molecular weight excluding hydrogens is 376 g/mol. The third-order valence-corrected chi connectivity index (χ3v) is 7.43. The summed E-state index contributed by atoms with van der Waals surface area (Å²) in [7, 11) is 0. The molecule has 1 amide bonds. The van der Waals surface area contributed by atoms with Crippen molar-refractivity contribution in [2.45, 2.75) is 44.8 Å². The third-order valence-electron chi connectivity index (χ3n) is 6.52. The molecule has 28 heavy (non-hydrogen) atoms. The average molecular weight is 403 g/mol. The van der Waals surface area contributed by atoms with E-state index in [1.807, 2.05) is 16.3 Å². The van der Waals surface area contributed by atoms with E-state index in [0.717, 1.165) is 38.0 Å². The van der Waals surface area contributed by atoms with Gasteiger partial charge in [-0.1, -0.05) is 0 Å². The fraction of sp³-hybridized carbons (Fsp3) is 0.650. The van der Waals surface area contributed by atoms with Crippen molar-refractivity contribution in [3.63, 3.8) is 0 Å². The Morgan fingerprint density at radius 2 is 2.07 bits per heavy atom. The largest absolute Gasteiger partial charge is 0.391 e. The maximum absolute atomic E-state index is 13.2. The molecule has 2 N–H and O–H groups in total. The number of hydrogen-bond acceptors (Lipinski definition) is 6. The Kier molecular flexibility index (Phi) is 4.52. The molecule has 4 heterocycles. The van der Waals surface area contributed by atoms with Crippen LogP contribution in [0.1, 0.15) is 37.9 Å². The highest BCUT2D eigenvalue weighted by atomic mass is 32.1. The zero-order valence-corrected chi connectivity index (χ0v) is 16.7. The average Bonchev–Trinajstić information content (AvgIpc) is 3.35. The van der Waals surface area contributed by atoms with Gasteiger partial charge in [0.25, 0.3) is 5.56 Å². The van der Waals surface area contributed by atoms with Crippen molar-refractivity contribution in [3.8, 4) is 0 Å². The Bertz CT molecular complexity index is 940. The van der Waals surface area contributed by atoms with Crippen LogP contribution in [0, 0.1) is 11.3 Å². The van der Waals surface area contributed by atoms with Crippen LogP contribution in [0.15, 0.2) is 16.2 Å². The molecule has 7 nitrogen and oxygen atoms in total. The molecule has 1 saturated carbocycles. The number of aliphatic hydroxyl groups is 1. The Morgan fingerprint density at radius 3 is 2.82 bits per heavy atom. The lowest BCUT2D eigenvalue weighted by Gasteiger charge is -2.48. The number of piperidine rings is 2. The second-order valence-corrected chi connectivity index (χ2v) is 9.63. The number of likely N-dealkylation sites (tertiary alicyclic amines) is 2. The summed E-state index contributed by atoms with van der Waals surface area (Å²) in [5, 5.41) is 12.3. The first-order valence-corrected chi connectivity index (χ1v) is 11.1. The molecule has 2 aromatic rings. The van der Waals surface area contributed by atoms with Crippen molar-refractivity contribution >= 4 is 27.5 Å². The van der Waals surface area contributed by atoms with Crippen LogP contribution >= 0.6 is 11.3 Å². The van der Waals surface area contributed by atoms with Gasteiger partial charge in [0.1, 0.15) is 10.5 Å². The molecule has 1 spiro atoms. The molecule has 2 aromatic heterocycles. The van der Waals surface area contributed by atoms with Crippen molar-refractivity contribution in [1.29, 1.82) is 0 Å². The Labute approximate surface area is 167 Å². The molecular formula is C20H26N4O3S. The summed E-state index contributed by atoms with van der Waals surface area (Å²) in [4.78, 5) is 37.0. The number of aromatic amines is 1. The number of H-pyrrole nitrogens is 1. The fourth-order valence-corrected chi connectivity index (χ4v) is 5.54. The van der Waals surface area contributed by atoms with Gasteiger partial charge in [0.2, 0.25) is 5.91 Å². The lowest BCUT2D eigenvalue weighted by Crippen LogP contribution is -2.57. The maximum Gasteiger partial charge on any atom is 0.268 e. The summed E-state index contributed by atoms with van der Waals surface area (Å²) in [6.07, 6.45) is 4.10. The van der Waals surface area contributed by atoms with Gasteiger partial charge in [-0.2, -0.15) is 0 Å². The number of hydrogen-bond donors (Lipinski definition) is 2. The molecule has 1 unspecified atom stereocenters. The van der Waals surface area contributed by atoms with E-state index in [1.165, 1.54) is 24.2 Å². The monoisotopic (exact) mass is 402 g/mol. The van der Waals surface area contributed by atoms with E-state index in [9.17, 15) is 14.7 Å². The summed E-state index contributed by atoms with van der Waals surface area (Å²) in [6, 6.07) is 1.88. The highest BCUT2D eigenvalue weighted by Crippen LogP contribution is 2.42. The molecule has 1 atom stereocenters. The minimum Gasteiger partial charge on any atom is -0.391 e. The van der Waals surface area contributed by atoms with Crippen LogP contribution in [0.2, 0.25) is 0 Å². The quantitative estimate of drug-likeness (QED) is 0.810. The van der Waals surface area contributed by atoms with Gasteiger partial charge in [0, 0.05) is 13.1 Å².